The summed E-state index contributed by atoms with van der Waals surface area (Å²) in [4.78, 5) is 0. The maximum atomic E-state index is 13.7. The van der Waals surface area contributed by atoms with E-state index in [2.05, 4.69) is 20.8 Å². The molecule has 15 heavy (non-hydrogen) atoms. The van der Waals surface area contributed by atoms with Crippen LogP contribution < -0.4 is 0 Å². The van der Waals surface area contributed by atoms with Gasteiger partial charge in [-0.1, -0.05) is 47.6 Å². The molecule has 0 fully saturated rings. The van der Waals surface area contributed by atoms with E-state index in [0.29, 0.717) is 6.42 Å². The molecule has 0 aromatic heterocycles. The molecule has 88 valence electrons. The van der Waals surface area contributed by atoms with Gasteiger partial charge in [0.1, 0.15) is 5.83 Å². The van der Waals surface area contributed by atoms with Crippen LogP contribution in [0.2, 0.25) is 0 Å². The van der Waals surface area contributed by atoms with Crippen LogP contribution in [0.3, 0.4) is 0 Å². The zero-order chi connectivity index (χ0) is 12.3. The lowest BCUT2D eigenvalue weighted by Crippen LogP contribution is -2.09. The second kappa shape index (κ2) is 4.96. The Morgan fingerprint density at radius 3 is 1.80 bits per heavy atom. The molecule has 0 rings (SSSR count). The Bertz CT molecular complexity index is 256. The smallest absolute Gasteiger partial charge is 0.101 e. The maximum absolute atomic E-state index is 13.7. The van der Waals surface area contributed by atoms with Crippen molar-refractivity contribution in [1.29, 1.82) is 0 Å². The summed E-state index contributed by atoms with van der Waals surface area (Å²) in [5.41, 5.74) is 1.09. The first kappa shape index (κ1) is 14.4. The third-order valence-corrected chi connectivity index (χ3v) is 2.19. The van der Waals surface area contributed by atoms with Crippen LogP contribution in [0.1, 0.15) is 54.9 Å². The summed E-state index contributed by atoms with van der Waals surface area (Å²) in [7, 11) is 0. The standard InChI is InChI=1S/C14H25F/c1-8-11(14(5,6)7)9-12(15)10-13(2,3)4/h8-9H,10H2,1-7H3/b11-8+,12-9+. The fraction of sp³-hybridized carbons (Fsp3) is 0.714. The average Bonchev–Trinajstić information content (AvgIpc) is 1.94. The molecule has 0 aliphatic carbocycles. The summed E-state index contributed by atoms with van der Waals surface area (Å²) in [5, 5.41) is 0. The Morgan fingerprint density at radius 1 is 1.07 bits per heavy atom. The minimum atomic E-state index is -0.0227. The van der Waals surface area contributed by atoms with Crippen molar-refractivity contribution in [3.05, 3.63) is 23.6 Å². The lowest BCUT2D eigenvalue weighted by molar-refractivity contribution is 0.368. The van der Waals surface area contributed by atoms with Gasteiger partial charge < -0.3 is 0 Å². The van der Waals surface area contributed by atoms with E-state index in [-0.39, 0.29) is 16.7 Å². The van der Waals surface area contributed by atoms with Gasteiger partial charge >= 0.3 is 0 Å². The number of allylic oxidation sites excluding steroid dienone is 4. The van der Waals surface area contributed by atoms with Gasteiger partial charge in [0.05, 0.1) is 0 Å². The van der Waals surface area contributed by atoms with Gasteiger partial charge in [-0.2, -0.15) is 0 Å². The van der Waals surface area contributed by atoms with Crippen molar-refractivity contribution in [2.45, 2.75) is 54.9 Å². The molecule has 0 amide bonds. The third kappa shape index (κ3) is 6.48. The number of rotatable bonds is 2. The molecule has 0 aromatic carbocycles. The van der Waals surface area contributed by atoms with Crippen LogP contribution in [0.15, 0.2) is 23.6 Å². The van der Waals surface area contributed by atoms with E-state index in [4.69, 9.17) is 0 Å². The summed E-state index contributed by atoms with van der Waals surface area (Å²) in [5.74, 6) is -0.0227. The van der Waals surface area contributed by atoms with E-state index in [9.17, 15) is 4.39 Å². The Kier molecular flexibility index (Phi) is 4.76. The Morgan fingerprint density at radius 2 is 1.53 bits per heavy atom. The van der Waals surface area contributed by atoms with Gasteiger partial charge in [0, 0.05) is 6.42 Å². The highest BCUT2D eigenvalue weighted by molar-refractivity contribution is 5.26. The molecule has 0 unspecified atom stereocenters. The van der Waals surface area contributed by atoms with Gasteiger partial charge in [-0.3, -0.25) is 0 Å². The van der Waals surface area contributed by atoms with Crippen molar-refractivity contribution in [1.82, 2.24) is 0 Å². The number of halogens is 1. The maximum Gasteiger partial charge on any atom is 0.101 e. The first-order valence-corrected chi connectivity index (χ1v) is 5.59. The lowest BCUT2D eigenvalue weighted by Gasteiger charge is -2.22. The van der Waals surface area contributed by atoms with E-state index in [0.717, 1.165) is 5.57 Å². The zero-order valence-corrected chi connectivity index (χ0v) is 11.2. The molecule has 1 heteroatoms. The van der Waals surface area contributed by atoms with Crippen LogP contribution in [0.4, 0.5) is 4.39 Å². The summed E-state index contributed by atoms with van der Waals surface area (Å²) >= 11 is 0. The van der Waals surface area contributed by atoms with E-state index in [1.807, 2.05) is 33.8 Å². The molecule has 0 saturated carbocycles. The molecule has 0 N–H and O–H groups in total. The number of hydrogen-bond acceptors (Lipinski definition) is 0. The van der Waals surface area contributed by atoms with Crippen molar-refractivity contribution in [2.75, 3.05) is 0 Å². The van der Waals surface area contributed by atoms with Crippen LogP contribution in [0, 0.1) is 10.8 Å². The molecule has 0 aliphatic heterocycles. The van der Waals surface area contributed by atoms with Crippen molar-refractivity contribution in [2.24, 2.45) is 10.8 Å². The SMILES string of the molecule is C/C=C(\C=C(\F)CC(C)(C)C)C(C)(C)C. The quantitative estimate of drug-likeness (QED) is 0.547. The predicted molar refractivity (Wildman–Crippen MR) is 66.5 cm³/mol. The van der Waals surface area contributed by atoms with Gasteiger partial charge in [0.25, 0.3) is 0 Å². The molecule has 0 heterocycles. The van der Waals surface area contributed by atoms with Crippen LogP contribution in [0.5, 0.6) is 0 Å². The molecular weight excluding hydrogens is 187 g/mol. The second-order valence-corrected chi connectivity index (χ2v) is 6.32. The lowest BCUT2D eigenvalue weighted by atomic mass is 9.84. The molecule has 0 aromatic rings. The molecule has 0 saturated heterocycles. The fourth-order valence-corrected chi connectivity index (χ4v) is 1.46. The van der Waals surface area contributed by atoms with Crippen molar-refractivity contribution in [3.63, 3.8) is 0 Å². The molecule has 0 bridgehead atoms. The van der Waals surface area contributed by atoms with Crippen LogP contribution >= 0.6 is 0 Å². The summed E-state index contributed by atoms with van der Waals surface area (Å²) in [6.45, 7) is 14.4. The first-order chi connectivity index (χ1) is 6.56. The van der Waals surface area contributed by atoms with Crippen molar-refractivity contribution >= 4 is 0 Å². The Labute approximate surface area is 94.3 Å². The van der Waals surface area contributed by atoms with Crippen LogP contribution in [-0.4, -0.2) is 0 Å². The zero-order valence-electron chi connectivity index (χ0n) is 11.2. The Hall–Kier alpha value is -0.590. The molecule has 0 aliphatic rings. The molecular formula is C14H25F. The van der Waals surface area contributed by atoms with E-state index in [1.54, 1.807) is 6.08 Å². The number of hydrogen-bond donors (Lipinski definition) is 0. The second-order valence-electron chi connectivity index (χ2n) is 6.32. The average molecular weight is 212 g/mol. The summed E-state index contributed by atoms with van der Waals surface area (Å²) in [6.07, 6.45) is 4.17. The van der Waals surface area contributed by atoms with Gasteiger partial charge in [0.15, 0.2) is 0 Å². The highest BCUT2D eigenvalue weighted by Gasteiger charge is 2.17. The van der Waals surface area contributed by atoms with Crippen LogP contribution in [-0.2, 0) is 0 Å². The van der Waals surface area contributed by atoms with Gasteiger partial charge in [-0.25, -0.2) is 4.39 Å². The topological polar surface area (TPSA) is 0 Å². The first-order valence-electron chi connectivity index (χ1n) is 5.59. The predicted octanol–water partition coefficient (Wildman–Crippen LogP) is 5.27. The molecule has 0 spiro atoms. The van der Waals surface area contributed by atoms with E-state index >= 15 is 0 Å². The summed E-state index contributed by atoms with van der Waals surface area (Å²) < 4.78 is 13.7. The largest absolute Gasteiger partial charge is 0.212 e. The van der Waals surface area contributed by atoms with Gasteiger partial charge in [0.2, 0.25) is 0 Å². The van der Waals surface area contributed by atoms with Gasteiger partial charge in [-0.15, -0.1) is 0 Å². The van der Waals surface area contributed by atoms with Crippen molar-refractivity contribution < 1.29 is 4.39 Å². The minimum absolute atomic E-state index is 0.0112. The van der Waals surface area contributed by atoms with Crippen molar-refractivity contribution in [3.8, 4) is 0 Å². The Balaban J connectivity index is 4.75. The molecule has 0 radical (unpaired) electrons. The van der Waals surface area contributed by atoms with E-state index in [1.165, 1.54) is 0 Å². The minimum Gasteiger partial charge on any atom is -0.212 e. The highest BCUT2D eigenvalue weighted by atomic mass is 19.1. The van der Waals surface area contributed by atoms with Gasteiger partial charge in [-0.05, 0) is 29.4 Å². The monoisotopic (exact) mass is 212 g/mol. The fourth-order valence-electron chi connectivity index (χ4n) is 1.46. The van der Waals surface area contributed by atoms with Crippen LogP contribution in [0.25, 0.3) is 0 Å². The van der Waals surface area contributed by atoms with E-state index < -0.39 is 0 Å². The summed E-state index contributed by atoms with van der Waals surface area (Å²) in [6, 6.07) is 0. The highest BCUT2D eigenvalue weighted by Crippen LogP contribution is 2.30. The normalized spacial score (nSPS) is 15.7. The molecule has 0 nitrogen and oxygen atoms in total. The third-order valence-electron chi connectivity index (χ3n) is 2.19. The molecule has 0 atom stereocenters.